The summed E-state index contributed by atoms with van der Waals surface area (Å²) < 4.78 is 0. The van der Waals surface area contributed by atoms with E-state index in [1.54, 1.807) is 12.3 Å². The number of hydrogen-bond acceptors (Lipinski definition) is 4. The molecule has 162 valence electrons. The Kier molecular flexibility index (Phi) is 5.57. The first-order valence-electron chi connectivity index (χ1n) is 11.0. The largest absolute Gasteiger partial charge is 0.338 e. The summed E-state index contributed by atoms with van der Waals surface area (Å²) in [6.07, 6.45) is 15.5. The summed E-state index contributed by atoms with van der Waals surface area (Å²) in [7, 11) is 0. The zero-order valence-electron chi connectivity index (χ0n) is 17.7. The zero-order chi connectivity index (χ0) is 21.4. The fourth-order valence-corrected chi connectivity index (χ4v) is 6.04. The number of hydrogen-bond donors (Lipinski definition) is 1. The Morgan fingerprint density at radius 3 is 3.13 bits per heavy atom. The molecule has 3 atom stereocenters. The minimum atomic E-state index is 0. The highest BCUT2D eigenvalue weighted by atomic mass is 32.2. The summed E-state index contributed by atoms with van der Waals surface area (Å²) >= 11 is 1.91. The first-order valence-corrected chi connectivity index (χ1v) is 11.9. The van der Waals surface area contributed by atoms with Gasteiger partial charge in [0.15, 0.2) is 0 Å². The number of amides is 2. The number of aryl methyl sites for hydroxylation is 1. The lowest BCUT2D eigenvalue weighted by Crippen LogP contribution is -2.27. The van der Waals surface area contributed by atoms with Gasteiger partial charge in [-0.05, 0) is 66.7 Å². The lowest BCUT2D eigenvalue weighted by atomic mass is 9.98. The second-order valence-corrected chi connectivity index (χ2v) is 9.86. The molecule has 6 heteroatoms. The SMILES string of the molecule is CC1=CCC=CSC1C1=CC2CN(C(=O)/C=C/c3cnc4c(c3)CCC(=O)N4)CC2C1.[HH]. The highest BCUT2D eigenvalue weighted by Gasteiger charge is 2.39. The van der Waals surface area contributed by atoms with Gasteiger partial charge < -0.3 is 10.2 Å². The van der Waals surface area contributed by atoms with E-state index >= 15 is 0 Å². The molecule has 3 unspecified atom stereocenters. The van der Waals surface area contributed by atoms with Crippen LogP contribution in [-0.4, -0.2) is 40.0 Å². The van der Waals surface area contributed by atoms with Crippen molar-refractivity contribution >= 4 is 35.5 Å². The quantitative estimate of drug-likeness (QED) is 0.557. The van der Waals surface area contributed by atoms with E-state index in [9.17, 15) is 9.59 Å². The molecule has 1 aromatic rings. The van der Waals surface area contributed by atoms with Crippen molar-refractivity contribution in [3.05, 3.63) is 64.2 Å². The van der Waals surface area contributed by atoms with Gasteiger partial charge in [0.25, 0.3) is 0 Å². The average Bonchev–Trinajstić information content (AvgIpc) is 3.26. The number of allylic oxidation sites excluding steroid dienone is 2. The molecular formula is C25H29N3O2S. The lowest BCUT2D eigenvalue weighted by molar-refractivity contribution is -0.125. The Hall–Kier alpha value is -2.60. The molecule has 4 aliphatic rings. The van der Waals surface area contributed by atoms with Crippen molar-refractivity contribution in [3.8, 4) is 0 Å². The van der Waals surface area contributed by atoms with Crippen molar-refractivity contribution in [3.63, 3.8) is 0 Å². The molecule has 1 aliphatic carbocycles. The molecule has 0 aromatic carbocycles. The van der Waals surface area contributed by atoms with E-state index in [0.29, 0.717) is 35.7 Å². The molecule has 4 heterocycles. The van der Waals surface area contributed by atoms with Crippen LogP contribution in [0.5, 0.6) is 0 Å². The fraction of sp³-hybridized carbons (Fsp3) is 0.400. The molecule has 0 bridgehead atoms. The van der Waals surface area contributed by atoms with Crippen molar-refractivity contribution in [2.45, 2.75) is 37.9 Å². The number of likely N-dealkylation sites (tertiary alicyclic amines) is 1. The smallest absolute Gasteiger partial charge is 0.246 e. The summed E-state index contributed by atoms with van der Waals surface area (Å²) in [4.78, 5) is 30.6. The zero-order valence-corrected chi connectivity index (χ0v) is 18.5. The maximum Gasteiger partial charge on any atom is 0.246 e. The van der Waals surface area contributed by atoms with E-state index in [2.05, 4.69) is 40.9 Å². The van der Waals surface area contributed by atoms with Gasteiger partial charge in [-0.3, -0.25) is 9.59 Å². The molecule has 0 radical (unpaired) electrons. The van der Waals surface area contributed by atoms with Crippen LogP contribution in [0.3, 0.4) is 0 Å². The third kappa shape index (κ3) is 4.26. The maximum absolute atomic E-state index is 12.8. The van der Waals surface area contributed by atoms with E-state index in [1.165, 1.54) is 11.1 Å². The molecule has 0 spiro atoms. The predicted molar refractivity (Wildman–Crippen MR) is 127 cm³/mol. The second kappa shape index (κ2) is 8.50. The van der Waals surface area contributed by atoms with Crippen molar-refractivity contribution in [1.82, 2.24) is 9.88 Å². The summed E-state index contributed by atoms with van der Waals surface area (Å²) in [5.41, 5.74) is 4.91. The number of fused-ring (bicyclic) bond motifs is 2. The van der Waals surface area contributed by atoms with Crippen LogP contribution >= 0.6 is 11.8 Å². The molecule has 2 amide bonds. The summed E-state index contributed by atoms with van der Waals surface area (Å²) in [6.45, 7) is 3.88. The first kappa shape index (κ1) is 20.3. The number of carbonyl (C=O) groups is 2. The minimum absolute atomic E-state index is 0. The van der Waals surface area contributed by atoms with Crippen LogP contribution in [0.25, 0.3) is 6.08 Å². The number of nitrogens with zero attached hydrogens (tertiary/aromatic N) is 2. The van der Waals surface area contributed by atoms with E-state index in [4.69, 9.17) is 0 Å². The summed E-state index contributed by atoms with van der Waals surface area (Å²) in [6, 6.07) is 2.01. The van der Waals surface area contributed by atoms with Crippen LogP contribution in [0.4, 0.5) is 5.82 Å². The Bertz CT molecular complexity index is 1050. The Morgan fingerprint density at radius 2 is 2.26 bits per heavy atom. The molecule has 5 rings (SSSR count). The molecular weight excluding hydrogens is 406 g/mol. The summed E-state index contributed by atoms with van der Waals surface area (Å²) in [5.74, 6) is 1.74. The van der Waals surface area contributed by atoms with Crippen molar-refractivity contribution in [2.24, 2.45) is 11.8 Å². The number of thioether (sulfide) groups is 1. The minimum Gasteiger partial charge on any atom is -0.338 e. The van der Waals surface area contributed by atoms with Crippen LogP contribution in [-0.2, 0) is 16.0 Å². The van der Waals surface area contributed by atoms with E-state index < -0.39 is 0 Å². The van der Waals surface area contributed by atoms with Crippen molar-refractivity contribution in [2.75, 3.05) is 18.4 Å². The number of nitrogens with one attached hydrogen (secondary N) is 1. The van der Waals surface area contributed by atoms with Gasteiger partial charge in [-0.2, -0.15) is 0 Å². The topological polar surface area (TPSA) is 62.3 Å². The first-order chi connectivity index (χ1) is 15.1. The van der Waals surface area contributed by atoms with Gasteiger partial charge in [0.1, 0.15) is 5.82 Å². The van der Waals surface area contributed by atoms with Crippen LogP contribution < -0.4 is 5.32 Å². The number of anilines is 1. The predicted octanol–water partition coefficient (Wildman–Crippen LogP) is 4.60. The molecule has 31 heavy (non-hydrogen) atoms. The van der Waals surface area contributed by atoms with Gasteiger partial charge >= 0.3 is 0 Å². The molecule has 1 fully saturated rings. The Morgan fingerprint density at radius 1 is 1.35 bits per heavy atom. The standard InChI is InChI=1S/C25H27N3O2S.H2/c1-16-4-2-3-9-31-24(16)19-11-20-14-28(15-21(20)12-19)23(30)8-5-17-10-18-6-7-22(29)27-25(18)26-13-17;/h3-5,8-11,13,20-21,24H,2,6-7,12,14-15H2,1H3,(H,26,27,29);1H/b8-5+;. The molecule has 1 aromatic heterocycles. The average molecular weight is 436 g/mol. The third-order valence-electron chi connectivity index (χ3n) is 6.65. The van der Waals surface area contributed by atoms with Crippen LogP contribution in [0, 0.1) is 11.8 Å². The molecule has 5 nitrogen and oxygen atoms in total. The van der Waals surface area contributed by atoms with Gasteiger partial charge in [0, 0.05) is 33.2 Å². The second-order valence-electron chi connectivity index (χ2n) is 8.84. The monoisotopic (exact) mass is 435 g/mol. The highest BCUT2D eigenvalue weighted by Crippen LogP contribution is 2.43. The molecule has 1 N–H and O–H groups in total. The van der Waals surface area contributed by atoms with Crippen LogP contribution in [0.2, 0.25) is 0 Å². The molecule has 0 saturated carbocycles. The fourth-order valence-electron chi connectivity index (χ4n) is 5.00. The van der Waals surface area contributed by atoms with Gasteiger partial charge in [0.2, 0.25) is 11.8 Å². The Balaban J connectivity index is 0.00000245. The van der Waals surface area contributed by atoms with Gasteiger partial charge in [0.05, 0.1) is 5.25 Å². The number of aromatic nitrogens is 1. The molecule has 1 saturated heterocycles. The van der Waals surface area contributed by atoms with Gasteiger partial charge in [-0.15, -0.1) is 11.8 Å². The third-order valence-corrected chi connectivity index (χ3v) is 7.95. The van der Waals surface area contributed by atoms with Crippen LogP contribution in [0.1, 0.15) is 38.7 Å². The number of pyridine rings is 1. The van der Waals surface area contributed by atoms with Crippen molar-refractivity contribution < 1.29 is 11.0 Å². The van der Waals surface area contributed by atoms with Gasteiger partial charge in [-0.1, -0.05) is 29.4 Å². The van der Waals surface area contributed by atoms with E-state index in [-0.39, 0.29) is 13.2 Å². The number of carbonyl (C=O) groups excluding carboxylic acids is 2. The maximum atomic E-state index is 12.8. The van der Waals surface area contributed by atoms with Crippen molar-refractivity contribution in [1.29, 1.82) is 0 Å². The van der Waals surface area contributed by atoms with E-state index in [1.807, 2.05) is 28.8 Å². The normalized spacial score (nSPS) is 27.5. The lowest BCUT2D eigenvalue weighted by Gasteiger charge is -2.19. The summed E-state index contributed by atoms with van der Waals surface area (Å²) in [5, 5.41) is 5.49. The van der Waals surface area contributed by atoms with E-state index in [0.717, 1.165) is 37.1 Å². The number of rotatable bonds is 3. The highest BCUT2D eigenvalue weighted by molar-refractivity contribution is 8.03. The van der Waals surface area contributed by atoms with Crippen LogP contribution in [0.15, 0.2) is 53.1 Å². The van der Waals surface area contributed by atoms with Gasteiger partial charge in [-0.25, -0.2) is 4.98 Å². The Labute approximate surface area is 188 Å². The molecule has 3 aliphatic heterocycles.